The van der Waals surface area contributed by atoms with Gasteiger partial charge in [0.1, 0.15) is 12.3 Å². The van der Waals surface area contributed by atoms with Gasteiger partial charge in [-0.25, -0.2) is 0 Å². The minimum atomic E-state index is 0.364. The first-order valence-corrected chi connectivity index (χ1v) is 6.24. The number of aromatic nitrogens is 2. The summed E-state index contributed by atoms with van der Waals surface area (Å²) >= 11 is 0. The summed E-state index contributed by atoms with van der Waals surface area (Å²) in [7, 11) is 0. The van der Waals surface area contributed by atoms with Crippen molar-refractivity contribution in [2.75, 3.05) is 13.2 Å². The monoisotopic (exact) mass is 270 g/mol. The second-order valence-electron chi connectivity index (χ2n) is 4.22. The van der Waals surface area contributed by atoms with Crippen molar-refractivity contribution in [2.24, 2.45) is 10.9 Å². The molecule has 6 heteroatoms. The molecule has 0 saturated heterocycles. The van der Waals surface area contributed by atoms with Crippen molar-refractivity contribution >= 4 is 16.6 Å². The number of rotatable bonds is 5. The third kappa shape index (κ3) is 2.41. The minimum absolute atomic E-state index is 0.364. The van der Waals surface area contributed by atoms with Gasteiger partial charge < -0.3 is 20.0 Å². The van der Waals surface area contributed by atoms with Crippen LogP contribution in [-0.2, 0) is 4.84 Å². The summed E-state index contributed by atoms with van der Waals surface area (Å²) in [4.78, 5) is 12.6. The van der Waals surface area contributed by atoms with E-state index in [-0.39, 0.29) is 0 Å². The van der Waals surface area contributed by atoms with E-state index in [2.05, 4.69) is 15.1 Å². The molecule has 3 rings (SSSR count). The molecule has 0 saturated carbocycles. The van der Waals surface area contributed by atoms with Crippen molar-refractivity contribution in [3.05, 3.63) is 54.4 Å². The smallest absolute Gasteiger partial charge is 0.136 e. The fourth-order valence-corrected chi connectivity index (χ4v) is 1.92. The van der Waals surface area contributed by atoms with Crippen LogP contribution in [0.4, 0.5) is 0 Å². The van der Waals surface area contributed by atoms with E-state index < -0.39 is 0 Å². The standard InChI is InChI=1S/C14H14N4O2/c15-3-6-20-18-14(11-2-5-19-9-11)12-7-10-1-4-16-8-13(10)17-12/h1-2,4-5,7-9,17H,3,6,15H2/b18-14+. The van der Waals surface area contributed by atoms with Gasteiger partial charge in [0, 0.05) is 23.7 Å². The van der Waals surface area contributed by atoms with Crippen LogP contribution >= 0.6 is 0 Å². The number of aromatic amines is 1. The van der Waals surface area contributed by atoms with Gasteiger partial charge in [0.15, 0.2) is 0 Å². The van der Waals surface area contributed by atoms with E-state index in [0.717, 1.165) is 22.2 Å². The summed E-state index contributed by atoms with van der Waals surface area (Å²) in [6.45, 7) is 0.780. The molecule has 6 nitrogen and oxygen atoms in total. The maximum Gasteiger partial charge on any atom is 0.136 e. The zero-order chi connectivity index (χ0) is 13.8. The van der Waals surface area contributed by atoms with Crippen LogP contribution in [0, 0.1) is 0 Å². The largest absolute Gasteiger partial charge is 0.472 e. The van der Waals surface area contributed by atoms with Gasteiger partial charge in [-0.15, -0.1) is 0 Å². The van der Waals surface area contributed by atoms with Gasteiger partial charge in [0.05, 0.1) is 29.9 Å². The summed E-state index contributed by atoms with van der Waals surface area (Å²) in [6.07, 6.45) is 6.73. The average Bonchev–Trinajstić information content (AvgIpc) is 3.12. The van der Waals surface area contributed by atoms with Crippen LogP contribution in [0.2, 0.25) is 0 Å². The molecule has 20 heavy (non-hydrogen) atoms. The lowest BCUT2D eigenvalue weighted by molar-refractivity contribution is 0.152. The molecule has 3 aromatic heterocycles. The van der Waals surface area contributed by atoms with Crippen LogP contribution in [0.3, 0.4) is 0 Å². The van der Waals surface area contributed by atoms with Crippen molar-refractivity contribution in [3.8, 4) is 0 Å². The van der Waals surface area contributed by atoms with E-state index in [1.807, 2.05) is 18.2 Å². The maximum atomic E-state index is 5.40. The molecule has 102 valence electrons. The molecule has 3 N–H and O–H groups in total. The highest BCUT2D eigenvalue weighted by atomic mass is 16.6. The van der Waals surface area contributed by atoms with Crippen LogP contribution in [0.15, 0.2) is 52.7 Å². The Hall–Kier alpha value is -2.60. The fourth-order valence-electron chi connectivity index (χ4n) is 1.92. The highest BCUT2D eigenvalue weighted by molar-refractivity contribution is 6.13. The van der Waals surface area contributed by atoms with E-state index in [4.69, 9.17) is 15.0 Å². The van der Waals surface area contributed by atoms with Gasteiger partial charge in [0.2, 0.25) is 0 Å². The Morgan fingerprint density at radius 2 is 2.40 bits per heavy atom. The highest BCUT2D eigenvalue weighted by Gasteiger charge is 2.12. The molecule has 0 aliphatic heterocycles. The summed E-state index contributed by atoms with van der Waals surface area (Å²) in [5, 5.41) is 5.21. The van der Waals surface area contributed by atoms with Crippen molar-refractivity contribution in [2.45, 2.75) is 0 Å². The van der Waals surface area contributed by atoms with E-state index in [0.29, 0.717) is 18.9 Å². The lowest BCUT2D eigenvalue weighted by atomic mass is 10.1. The number of furan rings is 1. The first-order valence-electron chi connectivity index (χ1n) is 6.24. The molecular weight excluding hydrogens is 256 g/mol. The number of fused-ring (bicyclic) bond motifs is 1. The molecule has 0 aromatic carbocycles. The molecule has 0 aliphatic carbocycles. The third-order valence-corrected chi connectivity index (χ3v) is 2.84. The van der Waals surface area contributed by atoms with E-state index >= 15 is 0 Å². The predicted octanol–water partition coefficient (Wildman–Crippen LogP) is 1.88. The van der Waals surface area contributed by atoms with Gasteiger partial charge in [0.25, 0.3) is 0 Å². The molecule has 0 amide bonds. The molecule has 3 heterocycles. The van der Waals surface area contributed by atoms with Crippen LogP contribution < -0.4 is 5.73 Å². The van der Waals surface area contributed by atoms with Crippen LogP contribution in [0.25, 0.3) is 10.9 Å². The minimum Gasteiger partial charge on any atom is -0.472 e. The summed E-state index contributed by atoms with van der Waals surface area (Å²) < 4.78 is 5.11. The Bertz CT molecular complexity index is 683. The van der Waals surface area contributed by atoms with Crippen molar-refractivity contribution in [1.29, 1.82) is 0 Å². The van der Waals surface area contributed by atoms with Gasteiger partial charge in [-0.3, -0.25) is 4.98 Å². The number of nitrogens with two attached hydrogens (primary N) is 1. The molecule has 0 spiro atoms. The molecule has 0 unspecified atom stereocenters. The Morgan fingerprint density at radius 3 is 3.15 bits per heavy atom. The van der Waals surface area contributed by atoms with Gasteiger partial charge in [-0.05, 0) is 18.2 Å². The molecular formula is C14H14N4O2. The maximum absolute atomic E-state index is 5.40. The number of oxime groups is 1. The quantitative estimate of drug-likeness (QED) is 0.421. The van der Waals surface area contributed by atoms with E-state index in [9.17, 15) is 0 Å². The van der Waals surface area contributed by atoms with E-state index in [1.165, 1.54) is 0 Å². The van der Waals surface area contributed by atoms with Gasteiger partial charge in [-0.2, -0.15) is 0 Å². The normalized spacial score (nSPS) is 11.9. The van der Waals surface area contributed by atoms with Gasteiger partial charge >= 0.3 is 0 Å². The Labute approximate surface area is 115 Å². The number of nitrogens with zero attached hydrogens (tertiary/aromatic N) is 2. The molecule has 0 atom stereocenters. The molecule has 0 aliphatic rings. The summed E-state index contributed by atoms with van der Waals surface area (Å²) in [6, 6.07) is 5.76. The van der Waals surface area contributed by atoms with Gasteiger partial charge in [-0.1, -0.05) is 5.16 Å². The molecule has 0 fully saturated rings. The summed E-state index contributed by atoms with van der Waals surface area (Å²) in [5.41, 5.74) is 8.69. The fraction of sp³-hybridized carbons (Fsp3) is 0.143. The number of hydrogen-bond acceptors (Lipinski definition) is 5. The predicted molar refractivity (Wildman–Crippen MR) is 75.4 cm³/mol. The molecule has 3 aromatic rings. The average molecular weight is 270 g/mol. The number of pyridine rings is 1. The SMILES string of the molecule is NCCO/N=C(\c1ccoc1)c1cc2ccncc2[nH]1. The van der Waals surface area contributed by atoms with E-state index in [1.54, 1.807) is 24.9 Å². The molecule has 0 bridgehead atoms. The van der Waals surface area contributed by atoms with Crippen molar-refractivity contribution < 1.29 is 9.25 Å². The first-order chi connectivity index (χ1) is 9.88. The highest BCUT2D eigenvalue weighted by Crippen LogP contribution is 2.17. The van der Waals surface area contributed by atoms with Crippen molar-refractivity contribution in [3.63, 3.8) is 0 Å². The van der Waals surface area contributed by atoms with Crippen LogP contribution in [-0.4, -0.2) is 28.8 Å². The number of H-pyrrole nitrogens is 1. The third-order valence-electron chi connectivity index (χ3n) is 2.84. The Balaban J connectivity index is 2.02. The first kappa shape index (κ1) is 12.4. The van der Waals surface area contributed by atoms with Crippen LogP contribution in [0.1, 0.15) is 11.3 Å². The second-order valence-corrected chi connectivity index (χ2v) is 4.22. The number of nitrogens with one attached hydrogen (secondary N) is 1. The Morgan fingerprint density at radius 1 is 1.45 bits per heavy atom. The molecule has 0 radical (unpaired) electrons. The topological polar surface area (TPSA) is 89.4 Å². The Kier molecular flexibility index (Phi) is 3.47. The van der Waals surface area contributed by atoms with Crippen LogP contribution in [0.5, 0.6) is 0 Å². The zero-order valence-corrected chi connectivity index (χ0v) is 10.7. The lowest BCUT2D eigenvalue weighted by Crippen LogP contribution is -2.09. The lowest BCUT2D eigenvalue weighted by Gasteiger charge is -2.02. The number of hydrogen-bond donors (Lipinski definition) is 2. The summed E-state index contributed by atoms with van der Waals surface area (Å²) in [5.74, 6) is 0. The second kappa shape index (κ2) is 5.58. The zero-order valence-electron chi connectivity index (χ0n) is 10.7. The van der Waals surface area contributed by atoms with Crippen molar-refractivity contribution in [1.82, 2.24) is 9.97 Å².